The van der Waals surface area contributed by atoms with Gasteiger partial charge in [0.2, 0.25) is 0 Å². The zero-order valence-corrected chi connectivity index (χ0v) is 27.3. The van der Waals surface area contributed by atoms with Gasteiger partial charge in [0.15, 0.2) is 0 Å². The van der Waals surface area contributed by atoms with Crippen molar-refractivity contribution in [3.8, 4) is 57.5 Å². The standard InChI is InChI=1S/C42H32O10/c43-26-7-3-21(4-8-26)1-2-22-13-33(49)39-35(14-22)52-42(31-12-11-28(45)20-32(31)48)38(39)25-17-34(50)40-36(18-25)51-41(23-5-9-27(44)10-6-23)37(40)24-15-29(46)19-30(47)16-24/h1-20,37-38,41-50H. The zero-order chi connectivity index (χ0) is 36.3. The van der Waals surface area contributed by atoms with Crippen LogP contribution in [0.2, 0.25) is 0 Å². The van der Waals surface area contributed by atoms with Crippen molar-refractivity contribution >= 4 is 12.2 Å². The van der Waals surface area contributed by atoms with Gasteiger partial charge in [-0.25, -0.2) is 0 Å². The van der Waals surface area contributed by atoms with Gasteiger partial charge in [0.05, 0.1) is 11.8 Å². The first kappa shape index (κ1) is 32.3. The first-order chi connectivity index (χ1) is 25.0. The van der Waals surface area contributed by atoms with E-state index in [1.165, 1.54) is 48.5 Å². The highest BCUT2D eigenvalue weighted by Gasteiger charge is 2.44. The third kappa shape index (κ3) is 5.75. The van der Waals surface area contributed by atoms with Crippen molar-refractivity contribution in [2.45, 2.75) is 24.0 Å². The van der Waals surface area contributed by atoms with Gasteiger partial charge < -0.3 is 50.3 Å². The van der Waals surface area contributed by atoms with Crippen LogP contribution in [0.1, 0.15) is 68.6 Å². The molecular weight excluding hydrogens is 664 g/mol. The third-order valence-corrected chi connectivity index (χ3v) is 9.57. The number of ether oxygens (including phenoxy) is 2. The summed E-state index contributed by atoms with van der Waals surface area (Å²) in [5.74, 6) is -1.61. The molecule has 0 spiro atoms. The highest BCUT2D eigenvalue weighted by molar-refractivity contribution is 5.73. The number of aromatic hydroxyl groups is 8. The number of hydrogen-bond donors (Lipinski definition) is 8. The average Bonchev–Trinajstić information content (AvgIpc) is 3.68. The molecule has 0 fully saturated rings. The predicted molar refractivity (Wildman–Crippen MR) is 191 cm³/mol. The SMILES string of the molecule is Oc1ccc(C=Cc2cc(O)c3c(c2)OC(c2ccc(O)cc2O)C3c2cc(O)c3c(c2)OC(c2ccc(O)cc2)C3c2cc(O)cc(O)c2)cc1. The first-order valence-corrected chi connectivity index (χ1v) is 16.4. The van der Waals surface area contributed by atoms with E-state index in [-0.39, 0.29) is 46.0 Å². The lowest BCUT2D eigenvalue weighted by Crippen LogP contribution is -2.12. The van der Waals surface area contributed by atoms with Crippen LogP contribution < -0.4 is 9.47 Å². The minimum atomic E-state index is -0.914. The molecule has 2 heterocycles. The van der Waals surface area contributed by atoms with Crippen molar-refractivity contribution in [3.05, 3.63) is 154 Å². The lowest BCUT2D eigenvalue weighted by atomic mass is 9.81. The fourth-order valence-corrected chi connectivity index (χ4v) is 7.27. The first-order valence-electron chi connectivity index (χ1n) is 16.4. The summed E-state index contributed by atoms with van der Waals surface area (Å²) < 4.78 is 13.0. The Hall–Kier alpha value is -6.94. The highest BCUT2D eigenvalue weighted by Crippen LogP contribution is 2.59. The van der Waals surface area contributed by atoms with E-state index in [0.717, 1.165) is 5.56 Å². The summed E-state index contributed by atoms with van der Waals surface area (Å²) in [7, 11) is 0. The summed E-state index contributed by atoms with van der Waals surface area (Å²) in [5, 5.41) is 84.8. The van der Waals surface area contributed by atoms with E-state index in [0.29, 0.717) is 50.4 Å². The maximum atomic E-state index is 11.8. The summed E-state index contributed by atoms with van der Waals surface area (Å²) in [6.07, 6.45) is 1.95. The molecule has 2 aliphatic rings. The van der Waals surface area contributed by atoms with Crippen LogP contribution in [0.15, 0.2) is 109 Å². The topological polar surface area (TPSA) is 180 Å². The minimum Gasteiger partial charge on any atom is -0.508 e. The molecule has 0 aliphatic carbocycles. The molecule has 0 aromatic heterocycles. The highest BCUT2D eigenvalue weighted by atomic mass is 16.5. The van der Waals surface area contributed by atoms with E-state index in [1.807, 2.05) is 6.08 Å². The number of fused-ring (bicyclic) bond motifs is 2. The Labute approximate surface area is 297 Å². The Bertz CT molecular complexity index is 2350. The number of phenols is 8. The molecule has 0 saturated heterocycles. The smallest absolute Gasteiger partial charge is 0.138 e. The van der Waals surface area contributed by atoms with Crippen LogP contribution >= 0.6 is 0 Å². The van der Waals surface area contributed by atoms with Crippen LogP contribution in [-0.4, -0.2) is 40.9 Å². The third-order valence-electron chi connectivity index (χ3n) is 9.57. The van der Waals surface area contributed by atoms with Crippen LogP contribution in [0.5, 0.6) is 57.5 Å². The molecule has 260 valence electrons. The molecule has 10 nitrogen and oxygen atoms in total. The van der Waals surface area contributed by atoms with E-state index in [9.17, 15) is 40.9 Å². The van der Waals surface area contributed by atoms with Gasteiger partial charge in [0.25, 0.3) is 0 Å². The summed E-state index contributed by atoms with van der Waals surface area (Å²) in [6.45, 7) is 0. The summed E-state index contributed by atoms with van der Waals surface area (Å²) >= 11 is 0. The molecule has 2 aliphatic heterocycles. The Morgan fingerprint density at radius 1 is 0.385 bits per heavy atom. The van der Waals surface area contributed by atoms with Crippen LogP contribution in [0.3, 0.4) is 0 Å². The van der Waals surface area contributed by atoms with Gasteiger partial charge in [-0.3, -0.25) is 0 Å². The van der Waals surface area contributed by atoms with Gasteiger partial charge in [0.1, 0.15) is 69.7 Å². The molecule has 8 rings (SSSR count). The Balaban J connectivity index is 1.26. The van der Waals surface area contributed by atoms with E-state index in [2.05, 4.69) is 0 Å². The second-order valence-corrected chi connectivity index (χ2v) is 13.0. The summed E-state index contributed by atoms with van der Waals surface area (Å²) in [4.78, 5) is 0. The molecule has 0 amide bonds. The van der Waals surface area contributed by atoms with Crippen molar-refractivity contribution in [3.63, 3.8) is 0 Å². The van der Waals surface area contributed by atoms with E-state index >= 15 is 0 Å². The van der Waals surface area contributed by atoms with Crippen LogP contribution in [0, 0.1) is 0 Å². The molecule has 10 heteroatoms. The van der Waals surface area contributed by atoms with Gasteiger partial charge >= 0.3 is 0 Å². The molecule has 0 saturated carbocycles. The van der Waals surface area contributed by atoms with E-state index < -0.39 is 24.0 Å². The van der Waals surface area contributed by atoms with Crippen molar-refractivity contribution in [1.29, 1.82) is 0 Å². The lowest BCUT2D eigenvalue weighted by molar-refractivity contribution is 0.215. The van der Waals surface area contributed by atoms with Crippen molar-refractivity contribution < 1.29 is 50.3 Å². The number of rotatable bonds is 6. The second kappa shape index (κ2) is 12.4. The molecule has 4 atom stereocenters. The fraction of sp³-hybridized carbons (Fsp3) is 0.0952. The Morgan fingerprint density at radius 3 is 1.60 bits per heavy atom. The number of phenolic OH excluding ortho intramolecular Hbond substituents is 8. The monoisotopic (exact) mass is 696 g/mol. The summed E-state index contributed by atoms with van der Waals surface area (Å²) in [6, 6.07) is 28.0. The maximum absolute atomic E-state index is 11.8. The Kier molecular flexibility index (Phi) is 7.72. The zero-order valence-electron chi connectivity index (χ0n) is 27.3. The molecule has 0 bridgehead atoms. The van der Waals surface area contributed by atoms with Gasteiger partial charge in [0, 0.05) is 28.8 Å². The maximum Gasteiger partial charge on any atom is 0.138 e. The molecule has 0 radical (unpaired) electrons. The fourth-order valence-electron chi connectivity index (χ4n) is 7.27. The van der Waals surface area contributed by atoms with Crippen molar-refractivity contribution in [2.75, 3.05) is 0 Å². The molecule has 6 aromatic carbocycles. The van der Waals surface area contributed by atoms with Gasteiger partial charge in [-0.2, -0.15) is 0 Å². The normalized spacial score (nSPS) is 18.8. The average molecular weight is 697 g/mol. The largest absolute Gasteiger partial charge is 0.508 e. The minimum absolute atomic E-state index is 0.0539. The van der Waals surface area contributed by atoms with Crippen molar-refractivity contribution in [1.82, 2.24) is 0 Å². The van der Waals surface area contributed by atoms with Crippen LogP contribution in [0.25, 0.3) is 12.2 Å². The molecule has 8 N–H and O–H groups in total. The molecular formula is C42H32O10. The quantitative estimate of drug-likeness (QED) is 0.0795. The molecule has 52 heavy (non-hydrogen) atoms. The van der Waals surface area contributed by atoms with E-state index in [4.69, 9.17) is 9.47 Å². The van der Waals surface area contributed by atoms with Crippen LogP contribution in [0.4, 0.5) is 0 Å². The second-order valence-electron chi connectivity index (χ2n) is 13.0. The summed E-state index contributed by atoms with van der Waals surface area (Å²) in [5.41, 5.74) is 4.19. The van der Waals surface area contributed by atoms with Crippen molar-refractivity contribution in [2.24, 2.45) is 0 Å². The Morgan fingerprint density at radius 2 is 0.923 bits per heavy atom. The van der Waals surface area contributed by atoms with Gasteiger partial charge in [-0.1, -0.05) is 36.4 Å². The van der Waals surface area contributed by atoms with E-state index in [1.54, 1.807) is 66.7 Å². The lowest BCUT2D eigenvalue weighted by Gasteiger charge is -2.22. The number of hydrogen-bond acceptors (Lipinski definition) is 10. The van der Waals surface area contributed by atoms with Crippen LogP contribution in [-0.2, 0) is 0 Å². The molecule has 6 aromatic rings. The molecule has 4 unspecified atom stereocenters. The van der Waals surface area contributed by atoms with Gasteiger partial charge in [-0.05, 0) is 101 Å². The predicted octanol–water partition coefficient (Wildman–Crippen LogP) is 8.03. The number of benzene rings is 6. The van der Waals surface area contributed by atoms with Gasteiger partial charge in [-0.15, -0.1) is 0 Å².